The number of aryl methyl sites for hydroxylation is 1. The average molecular weight is 541 g/mol. The molecule has 1 heterocycles. The van der Waals surface area contributed by atoms with E-state index < -0.39 is 6.03 Å². The van der Waals surface area contributed by atoms with Gasteiger partial charge in [0.2, 0.25) is 0 Å². The summed E-state index contributed by atoms with van der Waals surface area (Å²) in [5.41, 5.74) is 3.20. The summed E-state index contributed by atoms with van der Waals surface area (Å²) in [6.45, 7) is 2.02. The minimum absolute atomic E-state index is 0.152. The topological polar surface area (TPSA) is 111 Å². The van der Waals surface area contributed by atoms with Gasteiger partial charge in [-0.3, -0.25) is 10.1 Å². The third-order valence-electron chi connectivity index (χ3n) is 5.57. The minimum atomic E-state index is -0.453. The van der Waals surface area contributed by atoms with Gasteiger partial charge in [-0.05, 0) is 36.8 Å². The Morgan fingerprint density at radius 1 is 0.973 bits per heavy atom. The first-order chi connectivity index (χ1) is 17.8. The van der Waals surface area contributed by atoms with Crippen molar-refractivity contribution in [1.29, 1.82) is 0 Å². The lowest BCUT2D eigenvalue weighted by atomic mass is 10.1. The number of carbonyl (C=O) groups is 2. The van der Waals surface area contributed by atoms with E-state index >= 15 is 0 Å². The first-order valence-electron chi connectivity index (χ1n) is 11.1. The Labute approximate surface area is 222 Å². The molecule has 37 heavy (non-hydrogen) atoms. The second-order valence-corrected chi connectivity index (χ2v) is 9.34. The smallest absolute Gasteiger partial charge is 0.321 e. The summed E-state index contributed by atoms with van der Waals surface area (Å²) >= 11 is 7.49. The fourth-order valence-corrected chi connectivity index (χ4v) is 4.83. The third kappa shape index (κ3) is 5.87. The molecular weight excluding hydrogens is 516 g/mol. The van der Waals surface area contributed by atoms with Crippen LogP contribution >= 0.6 is 22.9 Å². The van der Waals surface area contributed by atoms with E-state index in [0.717, 1.165) is 10.3 Å². The number of hydrogen-bond donors (Lipinski definition) is 3. The molecule has 0 bridgehead atoms. The van der Waals surface area contributed by atoms with Crippen LogP contribution < -0.4 is 30.2 Å². The van der Waals surface area contributed by atoms with Crippen LogP contribution in [0.1, 0.15) is 21.5 Å². The summed E-state index contributed by atoms with van der Waals surface area (Å²) in [6.07, 6.45) is 0. The normalized spacial score (nSPS) is 10.6. The molecule has 0 aliphatic carbocycles. The number of aromatic nitrogens is 1. The molecule has 11 heteroatoms. The molecule has 0 aliphatic rings. The molecule has 3 N–H and O–H groups in total. The number of urea groups is 1. The standard InChI is InChI=1S/C26H25ClN4O5S/c1-14-6-5-7-18(27)23(14)30-24(32)15-8-9-19-22(10-15)37-26(29-19)31-25(33)28-13-17-20(35-3)11-16(34-2)12-21(17)36-4/h5-12H,13H2,1-4H3,(H,30,32)(H2,28,29,31,33). The Morgan fingerprint density at radius 3 is 2.35 bits per heavy atom. The molecule has 0 spiro atoms. The van der Waals surface area contributed by atoms with Crippen LogP contribution in [0.5, 0.6) is 17.2 Å². The highest BCUT2D eigenvalue weighted by Crippen LogP contribution is 2.34. The number of thiazole rings is 1. The number of nitrogens with zero attached hydrogens (tertiary/aromatic N) is 1. The number of halogens is 1. The van der Waals surface area contributed by atoms with Gasteiger partial charge in [-0.2, -0.15) is 0 Å². The lowest BCUT2D eigenvalue weighted by molar-refractivity contribution is 0.102. The number of amides is 3. The van der Waals surface area contributed by atoms with E-state index in [1.165, 1.54) is 25.6 Å². The molecule has 4 aromatic rings. The average Bonchev–Trinajstić information content (AvgIpc) is 3.30. The number of fused-ring (bicyclic) bond motifs is 1. The van der Waals surface area contributed by atoms with Crippen LogP contribution in [0.15, 0.2) is 48.5 Å². The SMILES string of the molecule is COc1cc(OC)c(CNC(=O)Nc2nc3ccc(C(=O)Nc4c(C)cccc4Cl)cc3s2)c(OC)c1. The fraction of sp³-hybridized carbons (Fsp3) is 0.192. The first-order valence-corrected chi connectivity index (χ1v) is 12.3. The van der Waals surface area contributed by atoms with Gasteiger partial charge in [0.15, 0.2) is 5.13 Å². The van der Waals surface area contributed by atoms with E-state index in [4.69, 9.17) is 25.8 Å². The molecule has 4 rings (SSSR count). The largest absolute Gasteiger partial charge is 0.496 e. The Morgan fingerprint density at radius 2 is 1.70 bits per heavy atom. The summed E-state index contributed by atoms with van der Waals surface area (Å²) in [7, 11) is 4.61. The Bertz CT molecular complexity index is 1430. The van der Waals surface area contributed by atoms with Crippen molar-refractivity contribution in [3.63, 3.8) is 0 Å². The van der Waals surface area contributed by atoms with Gasteiger partial charge in [0.05, 0.1) is 54.4 Å². The zero-order valence-corrected chi connectivity index (χ0v) is 22.2. The van der Waals surface area contributed by atoms with E-state index in [-0.39, 0.29) is 12.5 Å². The predicted molar refractivity (Wildman–Crippen MR) is 146 cm³/mol. The summed E-state index contributed by atoms with van der Waals surface area (Å²) in [6, 6.07) is 13.5. The van der Waals surface area contributed by atoms with Gasteiger partial charge in [0, 0.05) is 17.7 Å². The molecule has 1 aromatic heterocycles. The van der Waals surface area contributed by atoms with Crippen molar-refractivity contribution in [3.8, 4) is 17.2 Å². The Balaban J connectivity index is 1.44. The van der Waals surface area contributed by atoms with Crippen LogP contribution in [-0.4, -0.2) is 38.3 Å². The molecule has 3 aromatic carbocycles. The highest BCUT2D eigenvalue weighted by Gasteiger charge is 2.16. The van der Waals surface area contributed by atoms with Crippen molar-refractivity contribution in [2.24, 2.45) is 0 Å². The second-order valence-electron chi connectivity index (χ2n) is 7.91. The number of carbonyl (C=O) groups excluding carboxylic acids is 2. The Kier molecular flexibility index (Phi) is 8.00. The fourth-order valence-electron chi connectivity index (χ4n) is 3.66. The van der Waals surface area contributed by atoms with Gasteiger partial charge in [-0.15, -0.1) is 0 Å². The van der Waals surface area contributed by atoms with Gasteiger partial charge in [-0.1, -0.05) is 35.1 Å². The third-order valence-corrected chi connectivity index (χ3v) is 6.82. The maximum Gasteiger partial charge on any atom is 0.321 e. The van der Waals surface area contributed by atoms with Crippen molar-refractivity contribution >= 4 is 55.9 Å². The summed E-state index contributed by atoms with van der Waals surface area (Å²) in [5, 5.41) is 9.24. The van der Waals surface area contributed by atoms with E-state index in [2.05, 4.69) is 20.9 Å². The summed E-state index contributed by atoms with van der Waals surface area (Å²) in [4.78, 5) is 29.8. The molecule has 0 atom stereocenters. The van der Waals surface area contributed by atoms with E-state index in [0.29, 0.717) is 49.7 Å². The highest BCUT2D eigenvalue weighted by atomic mass is 35.5. The van der Waals surface area contributed by atoms with Crippen molar-refractivity contribution < 1.29 is 23.8 Å². The number of benzene rings is 3. The molecule has 192 valence electrons. The van der Waals surface area contributed by atoms with Crippen LogP contribution in [0.3, 0.4) is 0 Å². The number of ether oxygens (including phenoxy) is 3. The number of para-hydroxylation sites is 1. The van der Waals surface area contributed by atoms with Gasteiger partial charge in [-0.25, -0.2) is 9.78 Å². The molecule has 0 radical (unpaired) electrons. The van der Waals surface area contributed by atoms with Gasteiger partial charge < -0.3 is 24.8 Å². The van der Waals surface area contributed by atoms with E-state index in [9.17, 15) is 9.59 Å². The van der Waals surface area contributed by atoms with Crippen LogP contribution in [-0.2, 0) is 6.54 Å². The van der Waals surface area contributed by atoms with Crippen molar-refractivity contribution in [1.82, 2.24) is 10.3 Å². The molecule has 9 nitrogen and oxygen atoms in total. The number of rotatable bonds is 8. The number of methoxy groups -OCH3 is 3. The lowest BCUT2D eigenvalue weighted by Crippen LogP contribution is -2.28. The lowest BCUT2D eigenvalue weighted by Gasteiger charge is -2.15. The predicted octanol–water partition coefficient (Wildman–Crippen LogP) is 5.86. The van der Waals surface area contributed by atoms with Gasteiger partial charge in [0.25, 0.3) is 5.91 Å². The molecule has 0 saturated heterocycles. The number of nitrogens with one attached hydrogen (secondary N) is 3. The molecule has 3 amide bonds. The number of anilines is 2. The van der Waals surface area contributed by atoms with E-state index in [1.54, 1.807) is 43.5 Å². The zero-order valence-electron chi connectivity index (χ0n) is 20.6. The number of hydrogen-bond acceptors (Lipinski definition) is 7. The van der Waals surface area contributed by atoms with Crippen LogP contribution in [0, 0.1) is 6.92 Å². The summed E-state index contributed by atoms with van der Waals surface area (Å²) in [5.74, 6) is 1.33. The van der Waals surface area contributed by atoms with E-state index in [1.807, 2.05) is 19.1 Å². The van der Waals surface area contributed by atoms with Crippen molar-refractivity contribution in [2.75, 3.05) is 32.0 Å². The second kappa shape index (κ2) is 11.4. The minimum Gasteiger partial charge on any atom is -0.496 e. The van der Waals surface area contributed by atoms with Crippen LogP contribution in [0.25, 0.3) is 10.2 Å². The summed E-state index contributed by atoms with van der Waals surface area (Å²) < 4.78 is 16.8. The maximum absolute atomic E-state index is 12.8. The molecular formula is C26H25ClN4O5S. The molecule has 0 fully saturated rings. The van der Waals surface area contributed by atoms with Gasteiger partial charge in [0.1, 0.15) is 17.2 Å². The first kappa shape index (κ1) is 26.1. The van der Waals surface area contributed by atoms with Crippen LogP contribution in [0.4, 0.5) is 15.6 Å². The quantitative estimate of drug-likeness (QED) is 0.258. The zero-order chi connectivity index (χ0) is 26.5. The Hall–Kier alpha value is -4.02. The van der Waals surface area contributed by atoms with Gasteiger partial charge >= 0.3 is 6.03 Å². The maximum atomic E-state index is 12.8. The molecule has 0 unspecified atom stereocenters. The monoisotopic (exact) mass is 540 g/mol. The molecule has 0 saturated carbocycles. The highest BCUT2D eigenvalue weighted by molar-refractivity contribution is 7.22. The van der Waals surface area contributed by atoms with Crippen molar-refractivity contribution in [2.45, 2.75) is 13.5 Å². The van der Waals surface area contributed by atoms with Crippen LogP contribution in [0.2, 0.25) is 5.02 Å². The van der Waals surface area contributed by atoms with Crippen molar-refractivity contribution in [3.05, 3.63) is 70.2 Å². The molecule has 0 aliphatic heterocycles.